The van der Waals surface area contributed by atoms with Gasteiger partial charge in [0.05, 0.1) is 6.20 Å². The summed E-state index contributed by atoms with van der Waals surface area (Å²) >= 11 is 0. The summed E-state index contributed by atoms with van der Waals surface area (Å²) in [7, 11) is 1.92. The number of nitrogens with one attached hydrogen (secondary N) is 1. The molecule has 0 fully saturated rings. The first kappa shape index (κ1) is 11.7. The molecule has 4 nitrogen and oxygen atoms in total. The highest BCUT2D eigenvalue weighted by atomic mass is 15.3. The van der Waals surface area contributed by atoms with Gasteiger partial charge in [-0.1, -0.05) is 24.3 Å². The highest BCUT2D eigenvalue weighted by Gasteiger charge is 1.98. The van der Waals surface area contributed by atoms with Crippen molar-refractivity contribution in [1.29, 1.82) is 0 Å². The van der Waals surface area contributed by atoms with Crippen LogP contribution in [0.15, 0.2) is 36.5 Å². The van der Waals surface area contributed by atoms with Crippen molar-refractivity contribution < 1.29 is 0 Å². The molecule has 0 saturated carbocycles. The Morgan fingerprint density at radius 2 is 1.88 bits per heavy atom. The van der Waals surface area contributed by atoms with E-state index >= 15 is 0 Å². The summed E-state index contributed by atoms with van der Waals surface area (Å²) in [5.74, 6) is 1.02. The predicted octanol–water partition coefficient (Wildman–Crippen LogP) is 1.53. The third-order valence-corrected chi connectivity index (χ3v) is 2.75. The lowest BCUT2D eigenvalue weighted by Gasteiger charge is -2.07. The van der Waals surface area contributed by atoms with Crippen LogP contribution < -0.4 is 11.1 Å². The van der Waals surface area contributed by atoms with Crippen LogP contribution in [-0.2, 0) is 20.0 Å². The van der Waals surface area contributed by atoms with Crippen LogP contribution in [0.5, 0.6) is 0 Å². The molecule has 0 aliphatic rings. The first-order valence-electron chi connectivity index (χ1n) is 5.79. The summed E-state index contributed by atoms with van der Waals surface area (Å²) in [6.45, 7) is 1.51. The number of nitrogens with two attached hydrogens (primary N) is 1. The lowest BCUT2D eigenvalue weighted by molar-refractivity contribution is 0.769. The maximum absolute atomic E-state index is 5.52. The van der Waals surface area contributed by atoms with Crippen molar-refractivity contribution >= 4 is 5.82 Å². The van der Waals surface area contributed by atoms with Crippen LogP contribution in [0.4, 0.5) is 5.82 Å². The normalized spacial score (nSPS) is 10.5. The van der Waals surface area contributed by atoms with Gasteiger partial charge in [0.25, 0.3) is 0 Å². The standard InChI is InChI=1S/C13H18N4/c1-17-13(7-9-16-17)15-10-12-4-2-11(3-5-12)6-8-14/h2-5,7,9,15H,6,8,10,14H2,1H3. The Morgan fingerprint density at radius 3 is 2.47 bits per heavy atom. The van der Waals surface area contributed by atoms with E-state index in [9.17, 15) is 0 Å². The summed E-state index contributed by atoms with van der Waals surface area (Å²) < 4.78 is 1.82. The van der Waals surface area contributed by atoms with Crippen molar-refractivity contribution in [2.45, 2.75) is 13.0 Å². The van der Waals surface area contributed by atoms with E-state index in [-0.39, 0.29) is 0 Å². The number of benzene rings is 1. The Morgan fingerprint density at radius 1 is 1.18 bits per heavy atom. The fourth-order valence-corrected chi connectivity index (χ4v) is 1.73. The van der Waals surface area contributed by atoms with E-state index in [1.807, 2.05) is 17.8 Å². The monoisotopic (exact) mass is 230 g/mol. The molecule has 2 rings (SSSR count). The van der Waals surface area contributed by atoms with E-state index in [1.165, 1.54) is 11.1 Å². The zero-order valence-corrected chi connectivity index (χ0v) is 10.1. The molecule has 0 saturated heterocycles. The van der Waals surface area contributed by atoms with E-state index in [2.05, 4.69) is 34.7 Å². The summed E-state index contributed by atoms with van der Waals surface area (Å²) in [5.41, 5.74) is 8.06. The first-order valence-corrected chi connectivity index (χ1v) is 5.79. The minimum absolute atomic E-state index is 0.701. The molecule has 3 N–H and O–H groups in total. The molecule has 0 radical (unpaired) electrons. The first-order chi connectivity index (χ1) is 8.29. The molecule has 0 unspecified atom stereocenters. The fraction of sp³-hybridized carbons (Fsp3) is 0.308. The van der Waals surface area contributed by atoms with Gasteiger partial charge in [-0.2, -0.15) is 5.10 Å². The quantitative estimate of drug-likeness (QED) is 0.819. The number of aryl methyl sites for hydroxylation is 1. The lowest BCUT2D eigenvalue weighted by atomic mass is 10.1. The summed E-state index contributed by atoms with van der Waals surface area (Å²) in [5, 5.41) is 7.44. The number of aromatic nitrogens is 2. The summed E-state index contributed by atoms with van der Waals surface area (Å²) in [6, 6.07) is 10.5. The zero-order valence-electron chi connectivity index (χ0n) is 10.1. The second kappa shape index (κ2) is 5.50. The van der Waals surface area contributed by atoms with Crippen LogP contribution in [0.2, 0.25) is 0 Å². The highest BCUT2D eigenvalue weighted by Crippen LogP contribution is 2.09. The lowest BCUT2D eigenvalue weighted by Crippen LogP contribution is -2.05. The Balaban J connectivity index is 1.93. The largest absolute Gasteiger partial charge is 0.366 e. The van der Waals surface area contributed by atoms with Gasteiger partial charge in [-0.3, -0.25) is 4.68 Å². The van der Waals surface area contributed by atoms with Gasteiger partial charge in [0, 0.05) is 19.7 Å². The number of rotatable bonds is 5. The summed E-state index contributed by atoms with van der Waals surface area (Å²) in [4.78, 5) is 0. The van der Waals surface area contributed by atoms with E-state index in [0.717, 1.165) is 18.8 Å². The maximum atomic E-state index is 5.52. The van der Waals surface area contributed by atoms with Crippen molar-refractivity contribution in [2.24, 2.45) is 12.8 Å². The molecule has 0 spiro atoms. The van der Waals surface area contributed by atoms with Gasteiger partial charge in [0.1, 0.15) is 5.82 Å². The topological polar surface area (TPSA) is 55.9 Å². The van der Waals surface area contributed by atoms with Crippen molar-refractivity contribution in [2.75, 3.05) is 11.9 Å². The Kier molecular flexibility index (Phi) is 3.77. The Labute approximate surface area is 101 Å². The third kappa shape index (κ3) is 3.07. The molecule has 0 aliphatic heterocycles. The average Bonchev–Trinajstić information content (AvgIpc) is 2.75. The van der Waals surface area contributed by atoms with Crippen molar-refractivity contribution in [3.05, 3.63) is 47.7 Å². The Hall–Kier alpha value is -1.81. The SMILES string of the molecule is Cn1nccc1NCc1ccc(CCN)cc1. The molecule has 2 aromatic rings. The van der Waals surface area contributed by atoms with Crippen LogP contribution in [0, 0.1) is 0 Å². The van der Waals surface area contributed by atoms with Crippen LogP contribution >= 0.6 is 0 Å². The van der Waals surface area contributed by atoms with Crippen LogP contribution in [0.1, 0.15) is 11.1 Å². The average molecular weight is 230 g/mol. The minimum Gasteiger partial charge on any atom is -0.366 e. The number of nitrogens with zero attached hydrogens (tertiary/aromatic N) is 2. The fourth-order valence-electron chi connectivity index (χ4n) is 1.73. The zero-order chi connectivity index (χ0) is 12.1. The van der Waals surface area contributed by atoms with Crippen molar-refractivity contribution in [3.8, 4) is 0 Å². The van der Waals surface area contributed by atoms with E-state index < -0.39 is 0 Å². The maximum Gasteiger partial charge on any atom is 0.124 e. The number of hydrogen-bond acceptors (Lipinski definition) is 3. The van der Waals surface area contributed by atoms with E-state index in [1.54, 1.807) is 6.20 Å². The highest BCUT2D eigenvalue weighted by molar-refractivity contribution is 5.35. The van der Waals surface area contributed by atoms with Gasteiger partial charge in [-0.05, 0) is 24.1 Å². The van der Waals surface area contributed by atoms with Crippen LogP contribution in [-0.4, -0.2) is 16.3 Å². The summed E-state index contributed by atoms with van der Waals surface area (Å²) in [6.07, 6.45) is 2.72. The molecule has 0 atom stereocenters. The van der Waals surface area contributed by atoms with Crippen LogP contribution in [0.25, 0.3) is 0 Å². The van der Waals surface area contributed by atoms with Gasteiger partial charge in [0.15, 0.2) is 0 Å². The smallest absolute Gasteiger partial charge is 0.124 e. The van der Waals surface area contributed by atoms with Gasteiger partial charge >= 0.3 is 0 Å². The van der Waals surface area contributed by atoms with Gasteiger partial charge in [-0.15, -0.1) is 0 Å². The second-order valence-electron chi connectivity index (χ2n) is 4.05. The molecule has 1 heterocycles. The molecule has 0 amide bonds. The van der Waals surface area contributed by atoms with Crippen molar-refractivity contribution in [1.82, 2.24) is 9.78 Å². The predicted molar refractivity (Wildman–Crippen MR) is 69.7 cm³/mol. The molecule has 90 valence electrons. The molecule has 1 aromatic carbocycles. The molecular weight excluding hydrogens is 212 g/mol. The Bertz CT molecular complexity index is 459. The second-order valence-corrected chi connectivity index (χ2v) is 4.05. The molecule has 17 heavy (non-hydrogen) atoms. The van der Waals surface area contributed by atoms with E-state index in [4.69, 9.17) is 5.73 Å². The van der Waals surface area contributed by atoms with Crippen molar-refractivity contribution in [3.63, 3.8) is 0 Å². The third-order valence-electron chi connectivity index (χ3n) is 2.75. The van der Waals surface area contributed by atoms with Gasteiger partial charge in [0.2, 0.25) is 0 Å². The molecule has 1 aromatic heterocycles. The molecular formula is C13H18N4. The van der Waals surface area contributed by atoms with Gasteiger partial charge < -0.3 is 11.1 Å². The van der Waals surface area contributed by atoms with E-state index in [0.29, 0.717) is 6.54 Å². The molecule has 0 bridgehead atoms. The van der Waals surface area contributed by atoms with Crippen LogP contribution in [0.3, 0.4) is 0 Å². The molecule has 4 heteroatoms. The minimum atomic E-state index is 0.701. The number of hydrogen-bond donors (Lipinski definition) is 2. The molecule has 0 aliphatic carbocycles. The van der Waals surface area contributed by atoms with Gasteiger partial charge in [-0.25, -0.2) is 0 Å². The number of anilines is 1.